The molecule has 0 saturated carbocycles. The first-order chi connectivity index (χ1) is 15.9. The number of carbonyl (C=O) groups excluding carboxylic acids is 1. The van der Waals surface area contributed by atoms with Crippen molar-refractivity contribution in [1.82, 2.24) is 14.4 Å². The van der Waals surface area contributed by atoms with Crippen LogP contribution in [-0.4, -0.2) is 66.0 Å². The summed E-state index contributed by atoms with van der Waals surface area (Å²) in [4.78, 5) is 17.3. The largest absolute Gasteiger partial charge is 0.492 e. The Morgan fingerprint density at radius 1 is 1.00 bits per heavy atom. The number of rotatable bonds is 9. The summed E-state index contributed by atoms with van der Waals surface area (Å²) in [5, 5.41) is 1.77. The molecule has 2 heterocycles. The van der Waals surface area contributed by atoms with E-state index in [1.807, 2.05) is 30.3 Å². The molecule has 1 saturated heterocycles. The maximum atomic E-state index is 12.3. The number of hydrogen-bond acceptors (Lipinski definition) is 4. The van der Waals surface area contributed by atoms with E-state index in [-0.39, 0.29) is 5.78 Å². The first-order valence-corrected chi connectivity index (χ1v) is 12.7. The zero-order chi connectivity index (χ0) is 23.4. The predicted molar refractivity (Wildman–Crippen MR) is 139 cm³/mol. The number of fused-ring (bicyclic) bond motifs is 1. The van der Waals surface area contributed by atoms with Crippen LogP contribution in [0.2, 0.25) is 5.02 Å². The molecule has 0 atom stereocenters. The SMILES string of the molecule is CC(=O)c1c(C)n(CCCN2CCN(CCOc3ccc(Cl)cc3)CC2)c2c(Br)cccc12. The summed E-state index contributed by atoms with van der Waals surface area (Å²) in [6.07, 6.45) is 1.06. The lowest BCUT2D eigenvalue weighted by Crippen LogP contribution is -2.47. The Bertz CT molecular complexity index is 1100. The molecule has 0 radical (unpaired) electrons. The van der Waals surface area contributed by atoms with E-state index in [9.17, 15) is 4.79 Å². The van der Waals surface area contributed by atoms with Gasteiger partial charge in [0.2, 0.25) is 0 Å². The summed E-state index contributed by atoms with van der Waals surface area (Å²) in [7, 11) is 0. The van der Waals surface area contributed by atoms with Crippen molar-refractivity contribution in [2.24, 2.45) is 0 Å². The molecule has 1 fully saturated rings. The van der Waals surface area contributed by atoms with Crippen LogP contribution in [0.15, 0.2) is 46.9 Å². The number of para-hydroxylation sites is 1. The number of ether oxygens (including phenoxy) is 1. The fourth-order valence-corrected chi connectivity index (χ4v) is 5.43. The highest BCUT2D eigenvalue weighted by molar-refractivity contribution is 9.10. The summed E-state index contributed by atoms with van der Waals surface area (Å²) < 4.78 is 9.19. The fraction of sp³-hybridized carbons (Fsp3) is 0.423. The van der Waals surface area contributed by atoms with Crippen molar-refractivity contribution in [3.63, 3.8) is 0 Å². The van der Waals surface area contributed by atoms with Gasteiger partial charge in [-0.1, -0.05) is 23.7 Å². The van der Waals surface area contributed by atoms with Crippen molar-refractivity contribution in [3.05, 3.63) is 63.2 Å². The third-order valence-corrected chi connectivity index (χ3v) is 7.35. The summed E-state index contributed by atoms with van der Waals surface area (Å²) >= 11 is 9.61. The minimum atomic E-state index is 0.130. The third kappa shape index (κ3) is 5.80. The minimum Gasteiger partial charge on any atom is -0.492 e. The fourth-order valence-electron chi connectivity index (χ4n) is 4.73. The van der Waals surface area contributed by atoms with Gasteiger partial charge >= 0.3 is 0 Å². The van der Waals surface area contributed by atoms with Crippen molar-refractivity contribution in [2.75, 3.05) is 45.9 Å². The molecule has 0 bridgehead atoms. The van der Waals surface area contributed by atoms with Gasteiger partial charge in [-0.25, -0.2) is 0 Å². The van der Waals surface area contributed by atoms with Crippen LogP contribution in [0.1, 0.15) is 29.4 Å². The lowest BCUT2D eigenvalue weighted by molar-refractivity contribution is 0.101. The van der Waals surface area contributed by atoms with E-state index in [2.05, 4.69) is 49.4 Å². The number of carbonyl (C=O) groups is 1. The second kappa shape index (κ2) is 11.0. The highest BCUT2D eigenvalue weighted by Crippen LogP contribution is 2.32. The number of halogens is 2. The van der Waals surface area contributed by atoms with E-state index < -0.39 is 0 Å². The van der Waals surface area contributed by atoms with Gasteiger partial charge in [0.15, 0.2) is 5.78 Å². The normalized spacial score (nSPS) is 15.3. The molecule has 5 nitrogen and oxygen atoms in total. The van der Waals surface area contributed by atoms with Gasteiger partial charge < -0.3 is 14.2 Å². The second-order valence-electron chi connectivity index (χ2n) is 8.64. The van der Waals surface area contributed by atoms with Gasteiger partial charge in [0.1, 0.15) is 12.4 Å². The average Bonchev–Trinajstić information content (AvgIpc) is 3.09. The molecule has 1 aliphatic heterocycles. The molecule has 1 aliphatic rings. The van der Waals surface area contributed by atoms with E-state index in [1.54, 1.807) is 6.92 Å². The summed E-state index contributed by atoms with van der Waals surface area (Å²) in [5.41, 5.74) is 3.04. The number of ketones is 1. The Balaban J connectivity index is 1.24. The van der Waals surface area contributed by atoms with E-state index in [4.69, 9.17) is 16.3 Å². The highest BCUT2D eigenvalue weighted by atomic mass is 79.9. The molecule has 1 aromatic heterocycles. The van der Waals surface area contributed by atoms with E-state index >= 15 is 0 Å². The van der Waals surface area contributed by atoms with Crippen LogP contribution in [0.5, 0.6) is 5.75 Å². The molecule has 0 aliphatic carbocycles. The number of piperazine rings is 1. The Labute approximate surface area is 209 Å². The number of Topliss-reactive ketones (excluding diaryl/α,β-unsaturated/α-hetero) is 1. The van der Waals surface area contributed by atoms with Gasteiger partial charge in [0.25, 0.3) is 0 Å². The van der Waals surface area contributed by atoms with Gasteiger partial charge in [-0.05, 0) is 73.1 Å². The summed E-state index contributed by atoms with van der Waals surface area (Å²) in [5.74, 6) is 0.996. The number of hydrogen-bond donors (Lipinski definition) is 0. The van der Waals surface area contributed by atoms with Crippen LogP contribution in [0, 0.1) is 6.92 Å². The Kier molecular flexibility index (Phi) is 8.12. The van der Waals surface area contributed by atoms with Crippen molar-refractivity contribution >= 4 is 44.2 Å². The first kappa shape index (κ1) is 24.3. The van der Waals surface area contributed by atoms with Gasteiger partial charge in [-0.2, -0.15) is 0 Å². The molecule has 0 amide bonds. The van der Waals surface area contributed by atoms with Gasteiger partial charge in [-0.15, -0.1) is 0 Å². The number of benzene rings is 2. The molecule has 4 rings (SSSR count). The number of aryl methyl sites for hydroxylation is 1. The molecule has 0 spiro atoms. The number of aromatic nitrogens is 1. The molecule has 0 unspecified atom stereocenters. The lowest BCUT2D eigenvalue weighted by Gasteiger charge is -2.34. The van der Waals surface area contributed by atoms with Crippen LogP contribution >= 0.6 is 27.5 Å². The molecule has 3 aromatic rings. The zero-order valence-corrected chi connectivity index (χ0v) is 21.7. The van der Waals surface area contributed by atoms with Crippen LogP contribution in [0.4, 0.5) is 0 Å². The predicted octanol–water partition coefficient (Wildman–Crippen LogP) is 5.65. The second-order valence-corrected chi connectivity index (χ2v) is 9.93. The highest BCUT2D eigenvalue weighted by Gasteiger charge is 2.20. The molecule has 0 N–H and O–H groups in total. The van der Waals surface area contributed by atoms with E-state index in [0.717, 1.165) is 89.6 Å². The lowest BCUT2D eigenvalue weighted by atomic mass is 10.1. The van der Waals surface area contributed by atoms with Crippen LogP contribution in [-0.2, 0) is 6.54 Å². The quantitative estimate of drug-likeness (QED) is 0.334. The summed E-state index contributed by atoms with van der Waals surface area (Å²) in [6.45, 7) is 11.6. The van der Waals surface area contributed by atoms with Gasteiger partial charge in [-0.3, -0.25) is 9.69 Å². The van der Waals surface area contributed by atoms with Crippen LogP contribution in [0.25, 0.3) is 10.9 Å². The Morgan fingerprint density at radius 3 is 2.33 bits per heavy atom. The molecular weight excluding hydrogens is 502 g/mol. The average molecular weight is 533 g/mol. The third-order valence-electron chi connectivity index (χ3n) is 6.46. The molecule has 33 heavy (non-hydrogen) atoms. The maximum Gasteiger partial charge on any atom is 0.162 e. The summed E-state index contributed by atoms with van der Waals surface area (Å²) in [6, 6.07) is 13.6. The van der Waals surface area contributed by atoms with E-state index in [1.165, 1.54) is 0 Å². The molecule has 176 valence electrons. The Hall–Kier alpha value is -1.86. The van der Waals surface area contributed by atoms with E-state index in [0.29, 0.717) is 6.61 Å². The standard InChI is InChI=1S/C26H31BrClN3O2/c1-19-25(20(2)32)23-5-3-6-24(27)26(23)31(19)12-4-11-29-13-15-30(16-14-29)17-18-33-22-9-7-21(28)8-10-22/h3,5-10H,4,11-18H2,1-2H3. The number of nitrogens with zero attached hydrogens (tertiary/aromatic N) is 3. The smallest absolute Gasteiger partial charge is 0.162 e. The van der Waals surface area contributed by atoms with Crippen LogP contribution in [0.3, 0.4) is 0 Å². The zero-order valence-electron chi connectivity index (χ0n) is 19.3. The van der Waals surface area contributed by atoms with Crippen LogP contribution < -0.4 is 4.74 Å². The van der Waals surface area contributed by atoms with Crippen molar-refractivity contribution < 1.29 is 9.53 Å². The van der Waals surface area contributed by atoms with Gasteiger partial charge in [0.05, 0.1) is 5.52 Å². The first-order valence-electron chi connectivity index (χ1n) is 11.6. The Morgan fingerprint density at radius 2 is 1.67 bits per heavy atom. The van der Waals surface area contributed by atoms with Crippen molar-refractivity contribution in [3.8, 4) is 5.75 Å². The molecule has 2 aromatic carbocycles. The van der Waals surface area contributed by atoms with Gasteiger partial charge in [0, 0.05) is 65.4 Å². The van der Waals surface area contributed by atoms with Crippen molar-refractivity contribution in [2.45, 2.75) is 26.8 Å². The molecule has 7 heteroatoms. The monoisotopic (exact) mass is 531 g/mol. The van der Waals surface area contributed by atoms with Crippen molar-refractivity contribution in [1.29, 1.82) is 0 Å². The molecular formula is C26H31BrClN3O2. The minimum absolute atomic E-state index is 0.130. The maximum absolute atomic E-state index is 12.3. The topological polar surface area (TPSA) is 37.7 Å².